The molecule has 29 heavy (non-hydrogen) atoms. The summed E-state index contributed by atoms with van der Waals surface area (Å²) in [5, 5.41) is 15.1. The van der Waals surface area contributed by atoms with Crippen molar-refractivity contribution in [2.24, 2.45) is 4.99 Å². The second kappa shape index (κ2) is 11.1. The summed E-state index contributed by atoms with van der Waals surface area (Å²) in [4.78, 5) is 4.65. The van der Waals surface area contributed by atoms with Crippen LogP contribution in [0.3, 0.4) is 0 Å². The number of halogens is 1. The topological polar surface area (TPSA) is 104 Å². The zero-order valence-electron chi connectivity index (χ0n) is 16.9. The molecule has 0 aliphatic carbocycles. The molecule has 0 aromatic carbocycles. The van der Waals surface area contributed by atoms with E-state index in [-0.39, 0.29) is 35.8 Å². The van der Waals surface area contributed by atoms with E-state index in [1.54, 1.807) is 11.2 Å². The standard InChI is InChI=1S/C18H29N7O2S.HI/c1-3-19-18(21-15-9-13-24(14-10-15)28(26,27)4-2)20-11-8-17-23-22-16-7-5-6-12-25(16)17;/h5-7,12,15H,3-4,8-11,13-14H2,1-2H3,(H2,19,20,21);1H. The number of pyridine rings is 1. The van der Waals surface area contributed by atoms with Crippen molar-refractivity contribution in [3.8, 4) is 0 Å². The van der Waals surface area contributed by atoms with Gasteiger partial charge in [0, 0.05) is 44.8 Å². The number of aromatic nitrogens is 3. The molecule has 2 N–H and O–H groups in total. The summed E-state index contributed by atoms with van der Waals surface area (Å²) in [6.07, 6.45) is 4.20. The number of hydrogen-bond acceptors (Lipinski definition) is 5. The third-order valence-electron chi connectivity index (χ3n) is 4.89. The maximum atomic E-state index is 12.0. The van der Waals surface area contributed by atoms with Crippen LogP contribution in [0.4, 0.5) is 0 Å². The van der Waals surface area contributed by atoms with Gasteiger partial charge in [-0.25, -0.2) is 12.7 Å². The number of hydrogen-bond donors (Lipinski definition) is 2. The monoisotopic (exact) mass is 535 g/mol. The predicted octanol–water partition coefficient (Wildman–Crippen LogP) is 1.26. The lowest BCUT2D eigenvalue weighted by atomic mass is 10.1. The van der Waals surface area contributed by atoms with Gasteiger partial charge in [-0.15, -0.1) is 34.2 Å². The van der Waals surface area contributed by atoms with E-state index in [4.69, 9.17) is 0 Å². The molecule has 1 fully saturated rings. The molecule has 0 saturated carbocycles. The lowest BCUT2D eigenvalue weighted by Crippen LogP contribution is -2.50. The van der Waals surface area contributed by atoms with E-state index in [2.05, 4.69) is 25.8 Å². The SMILES string of the molecule is CCNC(=NCCc1nnc2ccccn12)NC1CCN(S(=O)(=O)CC)CC1.I. The zero-order chi connectivity index (χ0) is 20.0. The molecule has 0 unspecified atom stereocenters. The molecule has 0 radical (unpaired) electrons. The summed E-state index contributed by atoms with van der Waals surface area (Å²) in [5.74, 6) is 1.80. The lowest BCUT2D eigenvalue weighted by Gasteiger charge is -2.32. The predicted molar refractivity (Wildman–Crippen MR) is 125 cm³/mol. The third-order valence-corrected chi connectivity index (χ3v) is 6.77. The van der Waals surface area contributed by atoms with Crippen LogP contribution in [0.2, 0.25) is 0 Å². The summed E-state index contributed by atoms with van der Waals surface area (Å²) in [6.45, 7) is 6.18. The van der Waals surface area contributed by atoms with E-state index in [1.807, 2.05) is 35.7 Å². The fourth-order valence-corrected chi connectivity index (χ4v) is 4.44. The number of piperidine rings is 1. The van der Waals surface area contributed by atoms with Crippen molar-refractivity contribution in [1.82, 2.24) is 29.5 Å². The van der Waals surface area contributed by atoms with E-state index in [0.717, 1.165) is 36.8 Å². The van der Waals surface area contributed by atoms with Gasteiger partial charge in [-0.2, -0.15) is 0 Å². The Labute approximate surface area is 189 Å². The number of nitrogens with zero attached hydrogens (tertiary/aromatic N) is 5. The van der Waals surface area contributed by atoms with Crippen LogP contribution in [0.15, 0.2) is 29.4 Å². The molecule has 1 saturated heterocycles. The van der Waals surface area contributed by atoms with Crippen molar-refractivity contribution in [1.29, 1.82) is 0 Å². The first kappa shape index (κ1) is 23.8. The van der Waals surface area contributed by atoms with E-state index in [9.17, 15) is 8.42 Å². The molecule has 0 bridgehead atoms. The molecule has 0 amide bonds. The average molecular weight is 535 g/mol. The fourth-order valence-electron chi connectivity index (χ4n) is 3.30. The second-order valence-electron chi connectivity index (χ2n) is 6.77. The molecule has 2 aromatic heterocycles. The molecule has 3 heterocycles. The summed E-state index contributed by atoms with van der Waals surface area (Å²) >= 11 is 0. The maximum Gasteiger partial charge on any atom is 0.213 e. The minimum absolute atomic E-state index is 0. The molecule has 1 aliphatic heterocycles. The molecule has 0 atom stereocenters. The smallest absolute Gasteiger partial charge is 0.213 e. The normalized spacial score (nSPS) is 16.6. The van der Waals surface area contributed by atoms with Gasteiger partial charge in [-0.3, -0.25) is 9.39 Å². The highest BCUT2D eigenvalue weighted by Gasteiger charge is 2.26. The van der Waals surface area contributed by atoms with Crippen molar-refractivity contribution < 1.29 is 8.42 Å². The molecule has 11 heteroatoms. The quantitative estimate of drug-likeness (QED) is 0.315. The Bertz CT molecular complexity index is 908. The zero-order valence-corrected chi connectivity index (χ0v) is 20.1. The molecule has 162 valence electrons. The van der Waals surface area contributed by atoms with Gasteiger partial charge >= 0.3 is 0 Å². The van der Waals surface area contributed by atoms with Gasteiger partial charge in [-0.05, 0) is 38.8 Å². The highest BCUT2D eigenvalue weighted by molar-refractivity contribution is 14.0. The molecule has 0 spiro atoms. The van der Waals surface area contributed by atoms with Gasteiger partial charge in [0.15, 0.2) is 11.6 Å². The molecule has 1 aliphatic rings. The second-order valence-corrected chi connectivity index (χ2v) is 9.03. The van der Waals surface area contributed by atoms with Gasteiger partial charge in [0.2, 0.25) is 10.0 Å². The van der Waals surface area contributed by atoms with Crippen LogP contribution < -0.4 is 10.6 Å². The van der Waals surface area contributed by atoms with Crippen LogP contribution in [0.25, 0.3) is 5.65 Å². The van der Waals surface area contributed by atoms with E-state index >= 15 is 0 Å². The van der Waals surface area contributed by atoms with Crippen molar-refractivity contribution in [3.05, 3.63) is 30.2 Å². The van der Waals surface area contributed by atoms with Crippen LogP contribution in [-0.2, 0) is 16.4 Å². The Morgan fingerprint density at radius 2 is 2.00 bits per heavy atom. The van der Waals surface area contributed by atoms with Gasteiger partial charge in [-0.1, -0.05) is 6.07 Å². The maximum absolute atomic E-state index is 12.0. The van der Waals surface area contributed by atoms with Crippen molar-refractivity contribution in [2.45, 2.75) is 39.2 Å². The van der Waals surface area contributed by atoms with Gasteiger partial charge < -0.3 is 10.6 Å². The van der Waals surface area contributed by atoms with E-state index in [0.29, 0.717) is 26.1 Å². The summed E-state index contributed by atoms with van der Waals surface area (Å²) in [6, 6.07) is 6.04. The first-order valence-electron chi connectivity index (χ1n) is 9.84. The lowest BCUT2D eigenvalue weighted by molar-refractivity contribution is 0.306. The third kappa shape index (κ3) is 6.25. The van der Waals surface area contributed by atoms with E-state index < -0.39 is 10.0 Å². The number of sulfonamides is 1. The van der Waals surface area contributed by atoms with Crippen LogP contribution in [0.5, 0.6) is 0 Å². The molecular weight excluding hydrogens is 505 g/mol. The van der Waals surface area contributed by atoms with Crippen LogP contribution >= 0.6 is 24.0 Å². The van der Waals surface area contributed by atoms with Crippen LogP contribution in [0.1, 0.15) is 32.5 Å². The Hall–Kier alpha value is -1.47. The Kier molecular flexibility index (Phi) is 9.08. The molecule has 2 aromatic rings. The van der Waals surface area contributed by atoms with Gasteiger partial charge in [0.25, 0.3) is 0 Å². The van der Waals surface area contributed by atoms with E-state index in [1.165, 1.54) is 0 Å². The van der Waals surface area contributed by atoms with Gasteiger partial charge in [0.1, 0.15) is 5.82 Å². The number of rotatable bonds is 7. The minimum atomic E-state index is -3.10. The summed E-state index contributed by atoms with van der Waals surface area (Å²) in [5.41, 5.74) is 0.834. The number of guanidine groups is 1. The largest absolute Gasteiger partial charge is 0.357 e. The fraction of sp³-hybridized carbons (Fsp3) is 0.611. The average Bonchev–Trinajstić information content (AvgIpc) is 3.12. The number of fused-ring (bicyclic) bond motifs is 1. The highest BCUT2D eigenvalue weighted by Crippen LogP contribution is 2.14. The van der Waals surface area contributed by atoms with Crippen molar-refractivity contribution in [3.63, 3.8) is 0 Å². The van der Waals surface area contributed by atoms with Crippen LogP contribution in [-0.4, -0.2) is 71.3 Å². The number of aliphatic imine (C=N–C) groups is 1. The first-order chi connectivity index (χ1) is 13.5. The van der Waals surface area contributed by atoms with Crippen LogP contribution in [0, 0.1) is 0 Å². The summed E-state index contributed by atoms with van der Waals surface area (Å²) in [7, 11) is -3.10. The molecular formula is C18H30IN7O2S. The van der Waals surface area contributed by atoms with Gasteiger partial charge in [0.05, 0.1) is 5.75 Å². The minimum Gasteiger partial charge on any atom is -0.357 e. The Balaban J connectivity index is 0.00000300. The highest BCUT2D eigenvalue weighted by atomic mass is 127. The Morgan fingerprint density at radius 1 is 1.24 bits per heavy atom. The van der Waals surface area contributed by atoms with Crippen molar-refractivity contribution >= 4 is 45.6 Å². The van der Waals surface area contributed by atoms with Crippen molar-refractivity contribution in [2.75, 3.05) is 31.9 Å². The summed E-state index contributed by atoms with van der Waals surface area (Å²) < 4.78 is 27.5. The first-order valence-corrected chi connectivity index (χ1v) is 11.5. The molecule has 3 rings (SSSR count). The number of nitrogens with one attached hydrogen (secondary N) is 2. The Morgan fingerprint density at radius 3 is 2.69 bits per heavy atom. The molecule has 9 nitrogen and oxygen atoms in total.